The normalized spacial score (nSPS) is 27.8. The second-order valence-electron chi connectivity index (χ2n) is 9.37. The van der Waals surface area contributed by atoms with E-state index in [-0.39, 0.29) is 24.5 Å². The Morgan fingerprint density at radius 1 is 1.32 bits per heavy atom. The SMILES string of the molecule is C=CC1CC1(NC(=O)C1CC(Oc2cc(C3CC3)nc3cc(OC)ccc23)CN1)C(=O)OCC. The Bertz CT molecular complexity index is 1130. The van der Waals surface area contributed by atoms with Crippen LogP contribution in [-0.4, -0.2) is 54.8 Å². The first kappa shape index (κ1) is 22.7. The maximum Gasteiger partial charge on any atom is 0.332 e. The molecule has 1 aromatic heterocycles. The summed E-state index contributed by atoms with van der Waals surface area (Å²) < 4.78 is 17.0. The van der Waals surface area contributed by atoms with Gasteiger partial charge in [-0.05, 0) is 38.3 Å². The number of ether oxygens (including phenoxy) is 3. The van der Waals surface area contributed by atoms with Gasteiger partial charge in [0.2, 0.25) is 5.91 Å². The number of carbonyl (C=O) groups excluding carboxylic acids is 2. The minimum atomic E-state index is -0.991. The number of pyridine rings is 1. The van der Waals surface area contributed by atoms with Crippen molar-refractivity contribution in [3.63, 3.8) is 0 Å². The van der Waals surface area contributed by atoms with Crippen LogP contribution in [0.3, 0.4) is 0 Å². The summed E-state index contributed by atoms with van der Waals surface area (Å²) in [5.41, 5.74) is 0.894. The Hall–Kier alpha value is -3.13. The average Bonchev–Trinajstić information content (AvgIpc) is 3.76. The van der Waals surface area contributed by atoms with Crippen LogP contribution in [0.1, 0.15) is 44.2 Å². The van der Waals surface area contributed by atoms with Crippen molar-refractivity contribution in [3.05, 3.63) is 42.6 Å². The first-order valence-electron chi connectivity index (χ1n) is 12.0. The number of fused-ring (bicyclic) bond motifs is 1. The van der Waals surface area contributed by atoms with Gasteiger partial charge < -0.3 is 24.8 Å². The van der Waals surface area contributed by atoms with Gasteiger partial charge in [0, 0.05) is 48.0 Å². The molecule has 0 spiro atoms. The van der Waals surface area contributed by atoms with Crippen LogP contribution in [0.4, 0.5) is 0 Å². The number of rotatable bonds is 9. The van der Waals surface area contributed by atoms with Gasteiger partial charge in [-0.1, -0.05) is 6.08 Å². The molecule has 8 nitrogen and oxygen atoms in total. The van der Waals surface area contributed by atoms with E-state index in [9.17, 15) is 9.59 Å². The second-order valence-corrected chi connectivity index (χ2v) is 9.37. The lowest BCUT2D eigenvalue weighted by Gasteiger charge is -2.20. The molecule has 2 aliphatic carbocycles. The number of hydrogen-bond donors (Lipinski definition) is 2. The Morgan fingerprint density at radius 3 is 2.82 bits per heavy atom. The van der Waals surface area contributed by atoms with E-state index in [1.807, 2.05) is 24.3 Å². The highest BCUT2D eigenvalue weighted by atomic mass is 16.5. The molecule has 4 atom stereocenters. The van der Waals surface area contributed by atoms with Crippen LogP contribution in [0.5, 0.6) is 11.5 Å². The van der Waals surface area contributed by atoms with Crippen LogP contribution in [0, 0.1) is 5.92 Å². The Kier molecular flexibility index (Phi) is 5.93. The molecule has 1 aromatic carbocycles. The second kappa shape index (κ2) is 8.91. The van der Waals surface area contributed by atoms with Crippen molar-refractivity contribution in [2.75, 3.05) is 20.3 Å². The van der Waals surface area contributed by atoms with Crippen LogP contribution in [0.25, 0.3) is 10.9 Å². The number of aromatic nitrogens is 1. The number of carbonyl (C=O) groups is 2. The monoisotopic (exact) mass is 465 g/mol. The minimum Gasteiger partial charge on any atom is -0.497 e. The molecule has 4 unspecified atom stereocenters. The minimum absolute atomic E-state index is 0.107. The van der Waals surface area contributed by atoms with Crippen LogP contribution >= 0.6 is 0 Å². The summed E-state index contributed by atoms with van der Waals surface area (Å²) in [5, 5.41) is 7.10. The summed E-state index contributed by atoms with van der Waals surface area (Å²) >= 11 is 0. The third-order valence-electron chi connectivity index (χ3n) is 6.98. The number of hydrogen-bond acceptors (Lipinski definition) is 7. The predicted octanol–water partition coefficient (Wildman–Crippen LogP) is 2.85. The topological polar surface area (TPSA) is 98.8 Å². The number of methoxy groups -OCH3 is 1. The van der Waals surface area contributed by atoms with Crippen LogP contribution in [0.2, 0.25) is 0 Å². The van der Waals surface area contributed by atoms with Gasteiger partial charge in [-0.3, -0.25) is 9.78 Å². The van der Waals surface area contributed by atoms with Gasteiger partial charge in [-0.15, -0.1) is 6.58 Å². The first-order chi connectivity index (χ1) is 16.5. The maximum atomic E-state index is 13.0. The van der Waals surface area contributed by atoms with Crippen molar-refractivity contribution in [2.24, 2.45) is 5.92 Å². The van der Waals surface area contributed by atoms with Crippen molar-refractivity contribution >= 4 is 22.8 Å². The summed E-state index contributed by atoms with van der Waals surface area (Å²) in [6.07, 6.45) is 4.83. The summed E-state index contributed by atoms with van der Waals surface area (Å²) in [5.74, 6) is 1.29. The van der Waals surface area contributed by atoms with Gasteiger partial charge in [0.25, 0.3) is 0 Å². The van der Waals surface area contributed by atoms with E-state index in [0.29, 0.717) is 25.3 Å². The molecule has 34 heavy (non-hydrogen) atoms. The molecule has 0 bridgehead atoms. The lowest BCUT2D eigenvalue weighted by molar-refractivity contribution is -0.149. The molecular weight excluding hydrogens is 434 g/mol. The van der Waals surface area contributed by atoms with E-state index in [4.69, 9.17) is 19.2 Å². The van der Waals surface area contributed by atoms with Crippen LogP contribution in [0.15, 0.2) is 36.9 Å². The van der Waals surface area contributed by atoms with Gasteiger partial charge in [-0.25, -0.2) is 4.79 Å². The quantitative estimate of drug-likeness (QED) is 0.434. The van der Waals surface area contributed by atoms with Gasteiger partial charge in [0.15, 0.2) is 0 Å². The van der Waals surface area contributed by atoms with Gasteiger partial charge in [0.05, 0.1) is 25.3 Å². The molecule has 1 amide bonds. The van der Waals surface area contributed by atoms with Gasteiger partial charge in [-0.2, -0.15) is 0 Å². The highest BCUT2D eigenvalue weighted by molar-refractivity contribution is 5.93. The summed E-state index contributed by atoms with van der Waals surface area (Å²) in [4.78, 5) is 30.3. The molecule has 3 aliphatic rings. The Morgan fingerprint density at radius 2 is 2.15 bits per heavy atom. The van der Waals surface area contributed by atoms with E-state index in [0.717, 1.165) is 40.9 Å². The summed E-state index contributed by atoms with van der Waals surface area (Å²) in [6, 6.07) is 7.38. The fraction of sp³-hybridized carbons (Fsp3) is 0.500. The van der Waals surface area contributed by atoms with Crippen molar-refractivity contribution < 1.29 is 23.8 Å². The molecule has 180 valence electrons. The zero-order valence-electron chi connectivity index (χ0n) is 19.6. The van der Waals surface area contributed by atoms with E-state index in [2.05, 4.69) is 17.2 Å². The lowest BCUT2D eigenvalue weighted by Crippen LogP contribution is -2.51. The van der Waals surface area contributed by atoms with Crippen LogP contribution < -0.4 is 20.1 Å². The molecule has 1 aliphatic heterocycles. The largest absolute Gasteiger partial charge is 0.497 e. The average molecular weight is 466 g/mol. The molecule has 2 N–H and O–H groups in total. The number of amides is 1. The standard InChI is InChI=1S/C26H31N3O5/c1-4-16-13-26(16,25(31)33-5-2)29-24(30)22-11-18(14-27-22)34-23-12-20(15-6-7-15)28-21-10-17(32-3)8-9-19(21)23/h4,8-10,12,15-16,18,22,27H,1,5-7,11,13-14H2,2-3H3,(H,29,30). The zero-order valence-corrected chi connectivity index (χ0v) is 19.6. The smallest absolute Gasteiger partial charge is 0.332 e. The Balaban J connectivity index is 1.29. The molecule has 5 rings (SSSR count). The fourth-order valence-corrected chi connectivity index (χ4v) is 4.75. The highest BCUT2D eigenvalue weighted by Gasteiger charge is 2.61. The van der Waals surface area contributed by atoms with Gasteiger partial charge >= 0.3 is 5.97 Å². The molecule has 2 heterocycles. The molecule has 0 radical (unpaired) electrons. The Labute approximate surface area is 199 Å². The van der Waals surface area contributed by atoms with Crippen molar-refractivity contribution in [1.29, 1.82) is 0 Å². The van der Waals surface area contributed by atoms with E-state index in [1.54, 1.807) is 20.1 Å². The molecular formula is C26H31N3O5. The van der Waals surface area contributed by atoms with Crippen LogP contribution in [-0.2, 0) is 14.3 Å². The third kappa shape index (κ3) is 4.22. The fourth-order valence-electron chi connectivity index (χ4n) is 4.75. The highest BCUT2D eigenvalue weighted by Crippen LogP contribution is 2.46. The number of nitrogens with one attached hydrogen (secondary N) is 2. The number of benzene rings is 1. The molecule has 3 fully saturated rings. The number of nitrogens with zero attached hydrogens (tertiary/aromatic N) is 1. The molecule has 1 saturated heterocycles. The van der Waals surface area contributed by atoms with Gasteiger partial charge in [0.1, 0.15) is 23.1 Å². The van der Waals surface area contributed by atoms with Crippen molar-refractivity contribution in [2.45, 2.75) is 56.2 Å². The van der Waals surface area contributed by atoms with Crippen molar-refractivity contribution in [3.8, 4) is 11.5 Å². The molecule has 8 heteroatoms. The summed E-state index contributed by atoms with van der Waals surface area (Å²) in [6.45, 7) is 6.34. The number of esters is 1. The van der Waals surface area contributed by atoms with E-state index < -0.39 is 17.6 Å². The van der Waals surface area contributed by atoms with Crippen molar-refractivity contribution in [1.82, 2.24) is 15.6 Å². The molecule has 2 saturated carbocycles. The zero-order chi connectivity index (χ0) is 23.9. The lowest BCUT2D eigenvalue weighted by atomic mass is 10.1. The maximum absolute atomic E-state index is 13.0. The molecule has 2 aromatic rings. The van der Waals surface area contributed by atoms with E-state index in [1.165, 1.54) is 0 Å². The first-order valence-corrected chi connectivity index (χ1v) is 12.0. The summed E-state index contributed by atoms with van der Waals surface area (Å²) in [7, 11) is 1.64. The van der Waals surface area contributed by atoms with E-state index >= 15 is 0 Å². The third-order valence-corrected chi connectivity index (χ3v) is 6.98. The predicted molar refractivity (Wildman–Crippen MR) is 127 cm³/mol.